The van der Waals surface area contributed by atoms with E-state index >= 15 is 0 Å². The lowest BCUT2D eigenvalue weighted by molar-refractivity contribution is -0.125. The fraction of sp³-hybridized carbons (Fsp3) is 0.364. The molecule has 3 aliphatic rings. The van der Waals surface area contributed by atoms with Gasteiger partial charge in [0.15, 0.2) is 0 Å². The highest BCUT2D eigenvalue weighted by Gasteiger charge is 2.59. The molecule has 1 fully saturated rings. The third-order valence-corrected chi connectivity index (χ3v) is 6.60. The van der Waals surface area contributed by atoms with Crippen LogP contribution in [0, 0.1) is 5.41 Å². The summed E-state index contributed by atoms with van der Waals surface area (Å²) in [5.41, 5.74) is 3.56. The Morgan fingerprint density at radius 1 is 1.15 bits per heavy atom. The van der Waals surface area contributed by atoms with E-state index in [4.69, 9.17) is 16.7 Å². The van der Waals surface area contributed by atoms with Crippen LogP contribution < -0.4 is 9.91 Å². The van der Waals surface area contributed by atoms with Crippen molar-refractivity contribution in [1.29, 1.82) is 0 Å². The number of hydrogen-bond acceptors (Lipinski definition) is 3. The van der Waals surface area contributed by atoms with Crippen molar-refractivity contribution in [2.24, 2.45) is 10.5 Å². The smallest absolute Gasteiger partial charge is 0.261 e. The molecule has 5 heteroatoms. The Bertz CT molecular complexity index is 942. The van der Waals surface area contributed by atoms with Gasteiger partial charge in [-0.25, -0.2) is 0 Å². The van der Waals surface area contributed by atoms with E-state index in [9.17, 15) is 4.79 Å². The summed E-state index contributed by atoms with van der Waals surface area (Å²) in [6.45, 7) is 2.99. The van der Waals surface area contributed by atoms with Crippen molar-refractivity contribution < 1.29 is 4.79 Å². The van der Waals surface area contributed by atoms with E-state index in [0.717, 1.165) is 42.2 Å². The van der Waals surface area contributed by atoms with Gasteiger partial charge in [0.05, 0.1) is 11.4 Å². The van der Waals surface area contributed by atoms with Gasteiger partial charge in [0.1, 0.15) is 5.41 Å². The Morgan fingerprint density at radius 2 is 1.96 bits per heavy atom. The van der Waals surface area contributed by atoms with Gasteiger partial charge in [-0.1, -0.05) is 35.9 Å². The van der Waals surface area contributed by atoms with E-state index in [0.29, 0.717) is 6.42 Å². The number of anilines is 2. The maximum absolute atomic E-state index is 13.8. The number of benzene rings is 2. The lowest BCUT2D eigenvalue weighted by atomic mass is 9.66. The molecule has 0 bridgehead atoms. The van der Waals surface area contributed by atoms with Crippen LogP contribution in [0.2, 0.25) is 5.02 Å². The van der Waals surface area contributed by atoms with Crippen molar-refractivity contribution in [3.05, 3.63) is 59.1 Å². The first-order valence-electron chi connectivity index (χ1n) is 9.61. The summed E-state index contributed by atoms with van der Waals surface area (Å²) >= 11 is 6.29. The van der Waals surface area contributed by atoms with Crippen molar-refractivity contribution in [3.8, 4) is 0 Å². The highest BCUT2D eigenvalue weighted by molar-refractivity contribution is 6.31. The summed E-state index contributed by atoms with van der Waals surface area (Å²) in [4.78, 5) is 16.2. The summed E-state index contributed by atoms with van der Waals surface area (Å²) < 4.78 is 0. The molecule has 0 radical (unpaired) electrons. The second-order valence-electron chi connectivity index (χ2n) is 7.76. The second kappa shape index (κ2) is 6.10. The number of fused-ring (bicyclic) bond motifs is 4. The second-order valence-corrected chi connectivity index (χ2v) is 8.20. The van der Waals surface area contributed by atoms with Crippen molar-refractivity contribution >= 4 is 34.6 Å². The highest BCUT2D eigenvalue weighted by Crippen LogP contribution is 2.50. The molecule has 138 valence electrons. The van der Waals surface area contributed by atoms with Gasteiger partial charge in [0.2, 0.25) is 0 Å². The molecule has 2 aromatic carbocycles. The number of hydrogen-bond donors (Lipinski definition) is 0. The van der Waals surface area contributed by atoms with Gasteiger partial charge in [-0.15, -0.1) is 0 Å². The minimum Gasteiger partial charge on any atom is -0.367 e. The standard InChI is InChI=1S/C22H22ClN3O/c1-15-22(21(27)26(24-15)18-7-3-2-4-8-18)14-16-10-11-17(23)13-19(16)25-12-6-5-9-20(22)25/h2-4,7-8,10-11,13,20H,5-6,9,12,14H2,1H3/t20-,22+/m1/s1. The van der Waals surface area contributed by atoms with E-state index in [1.54, 1.807) is 5.01 Å². The van der Waals surface area contributed by atoms with E-state index in [-0.39, 0.29) is 11.9 Å². The maximum Gasteiger partial charge on any atom is 0.261 e. The van der Waals surface area contributed by atoms with Gasteiger partial charge in [-0.05, 0) is 62.4 Å². The lowest BCUT2D eigenvalue weighted by Crippen LogP contribution is -2.61. The molecular formula is C22H22ClN3O. The molecule has 0 aliphatic carbocycles. The fourth-order valence-corrected chi connectivity index (χ4v) is 5.23. The summed E-state index contributed by atoms with van der Waals surface area (Å²) in [5, 5.41) is 7.11. The number of halogens is 1. The van der Waals surface area contributed by atoms with Crippen molar-refractivity contribution in [3.63, 3.8) is 0 Å². The fourth-order valence-electron chi connectivity index (χ4n) is 5.06. The molecule has 2 aromatic rings. The molecule has 0 N–H and O–H groups in total. The SMILES string of the molecule is CC1=NN(c2ccccc2)C(=O)[C@@]12Cc1ccc(Cl)cc1N1CCCC[C@@H]12. The zero-order chi connectivity index (χ0) is 18.6. The molecule has 3 aliphatic heterocycles. The lowest BCUT2D eigenvalue weighted by Gasteiger charge is -2.51. The topological polar surface area (TPSA) is 35.9 Å². The Hall–Kier alpha value is -2.33. The Balaban J connectivity index is 1.64. The number of hydrazone groups is 1. The molecule has 27 heavy (non-hydrogen) atoms. The first-order chi connectivity index (χ1) is 13.1. The number of carbonyl (C=O) groups excluding carboxylic acids is 1. The molecule has 0 unspecified atom stereocenters. The molecule has 5 rings (SSSR count). The molecule has 1 spiro atoms. The van der Waals surface area contributed by atoms with Crippen LogP contribution in [-0.4, -0.2) is 24.2 Å². The van der Waals surface area contributed by atoms with Crippen LogP contribution in [0.1, 0.15) is 31.7 Å². The average molecular weight is 380 g/mol. The number of nitrogens with zero attached hydrogens (tertiary/aromatic N) is 3. The van der Waals surface area contributed by atoms with Crippen LogP contribution >= 0.6 is 11.6 Å². The number of piperidine rings is 1. The molecular weight excluding hydrogens is 358 g/mol. The number of carbonyl (C=O) groups is 1. The zero-order valence-electron chi connectivity index (χ0n) is 15.4. The van der Waals surface area contributed by atoms with Gasteiger partial charge < -0.3 is 4.90 Å². The minimum absolute atomic E-state index is 0.101. The minimum atomic E-state index is -0.586. The van der Waals surface area contributed by atoms with Crippen LogP contribution in [0.25, 0.3) is 0 Å². The van der Waals surface area contributed by atoms with E-state index in [1.807, 2.05) is 43.3 Å². The highest BCUT2D eigenvalue weighted by atomic mass is 35.5. The Morgan fingerprint density at radius 3 is 2.78 bits per heavy atom. The molecule has 3 heterocycles. The van der Waals surface area contributed by atoms with Crippen LogP contribution in [0.15, 0.2) is 53.6 Å². The van der Waals surface area contributed by atoms with Gasteiger partial charge in [0, 0.05) is 23.3 Å². The number of amides is 1. The zero-order valence-corrected chi connectivity index (χ0v) is 16.1. The molecule has 1 saturated heterocycles. The summed E-state index contributed by atoms with van der Waals surface area (Å²) in [5.74, 6) is 0.101. The molecule has 4 nitrogen and oxygen atoms in total. The maximum atomic E-state index is 13.8. The van der Waals surface area contributed by atoms with E-state index in [2.05, 4.69) is 17.0 Å². The third-order valence-electron chi connectivity index (χ3n) is 6.37. The first-order valence-corrected chi connectivity index (χ1v) is 9.99. The molecule has 0 aromatic heterocycles. The number of para-hydroxylation sites is 1. The van der Waals surface area contributed by atoms with Crippen molar-refractivity contribution in [2.45, 2.75) is 38.6 Å². The quantitative estimate of drug-likeness (QED) is 0.722. The molecule has 1 amide bonds. The Kier molecular flexibility index (Phi) is 3.80. The molecule has 2 atom stereocenters. The summed E-state index contributed by atoms with van der Waals surface area (Å²) in [7, 11) is 0. The van der Waals surface area contributed by atoms with Crippen molar-refractivity contribution in [2.75, 3.05) is 16.5 Å². The summed E-state index contributed by atoms with van der Waals surface area (Å²) in [6, 6.07) is 16.0. The largest absolute Gasteiger partial charge is 0.367 e. The van der Waals surface area contributed by atoms with Gasteiger partial charge >= 0.3 is 0 Å². The number of rotatable bonds is 1. The van der Waals surface area contributed by atoms with Crippen LogP contribution in [0.3, 0.4) is 0 Å². The van der Waals surface area contributed by atoms with Gasteiger partial charge in [0.25, 0.3) is 5.91 Å². The Labute approximate surface area is 164 Å². The normalized spacial score (nSPS) is 26.8. The predicted molar refractivity (Wildman–Crippen MR) is 110 cm³/mol. The van der Waals surface area contributed by atoms with Crippen molar-refractivity contribution in [1.82, 2.24) is 0 Å². The first kappa shape index (κ1) is 16.8. The van der Waals surface area contributed by atoms with Gasteiger partial charge in [-0.3, -0.25) is 4.79 Å². The average Bonchev–Trinajstić information content (AvgIpc) is 2.95. The third kappa shape index (κ3) is 2.36. The van der Waals surface area contributed by atoms with E-state index < -0.39 is 5.41 Å². The predicted octanol–water partition coefficient (Wildman–Crippen LogP) is 4.66. The molecule has 0 saturated carbocycles. The summed E-state index contributed by atoms with van der Waals surface area (Å²) in [6.07, 6.45) is 3.99. The van der Waals surface area contributed by atoms with E-state index in [1.165, 1.54) is 11.3 Å². The van der Waals surface area contributed by atoms with Gasteiger partial charge in [-0.2, -0.15) is 10.1 Å². The van der Waals surface area contributed by atoms with Crippen LogP contribution in [0.5, 0.6) is 0 Å². The van der Waals surface area contributed by atoms with Crippen LogP contribution in [-0.2, 0) is 11.2 Å². The monoisotopic (exact) mass is 379 g/mol. The van der Waals surface area contributed by atoms with Crippen LogP contribution in [0.4, 0.5) is 11.4 Å².